The fourth-order valence-corrected chi connectivity index (χ4v) is 2.79. The molecule has 0 radical (unpaired) electrons. The van der Waals surface area contributed by atoms with Gasteiger partial charge in [-0.15, -0.1) is 0 Å². The standard InChI is InChI=1S/C16H26N2O3S/c1-12(2)10-17-16(19)11-18(22(5,20)21)15-8-6-14(7-9-15)13(3)4/h6-9,12-13H,10-11H2,1-5H3,(H,17,19). The largest absolute Gasteiger partial charge is 0.354 e. The Morgan fingerprint density at radius 3 is 2.09 bits per heavy atom. The zero-order chi connectivity index (χ0) is 16.9. The number of rotatable bonds is 7. The van der Waals surface area contributed by atoms with Crippen LogP contribution in [-0.2, 0) is 14.8 Å². The lowest BCUT2D eigenvalue weighted by Gasteiger charge is -2.22. The Bertz CT molecular complexity index is 592. The quantitative estimate of drug-likeness (QED) is 0.836. The molecular formula is C16H26N2O3S. The Morgan fingerprint density at radius 2 is 1.68 bits per heavy atom. The van der Waals surface area contributed by atoms with Crippen molar-refractivity contribution in [1.82, 2.24) is 5.32 Å². The summed E-state index contributed by atoms with van der Waals surface area (Å²) in [5.74, 6) is 0.392. The molecule has 0 aliphatic carbocycles. The second-order valence-electron chi connectivity index (χ2n) is 6.21. The predicted molar refractivity (Wildman–Crippen MR) is 90.6 cm³/mol. The highest BCUT2D eigenvalue weighted by Crippen LogP contribution is 2.21. The van der Waals surface area contributed by atoms with Gasteiger partial charge in [0.15, 0.2) is 0 Å². The number of amides is 1. The molecule has 124 valence electrons. The Kier molecular flexibility index (Phi) is 6.41. The molecule has 1 rings (SSSR count). The van der Waals surface area contributed by atoms with Gasteiger partial charge in [-0.05, 0) is 29.5 Å². The highest BCUT2D eigenvalue weighted by molar-refractivity contribution is 7.92. The van der Waals surface area contributed by atoms with Crippen molar-refractivity contribution in [3.8, 4) is 0 Å². The van der Waals surface area contributed by atoms with E-state index in [4.69, 9.17) is 0 Å². The minimum atomic E-state index is -3.51. The van der Waals surface area contributed by atoms with Crippen LogP contribution >= 0.6 is 0 Å². The molecule has 5 nitrogen and oxygen atoms in total. The lowest BCUT2D eigenvalue weighted by atomic mass is 10.0. The van der Waals surface area contributed by atoms with Crippen molar-refractivity contribution in [3.63, 3.8) is 0 Å². The Morgan fingerprint density at radius 1 is 1.14 bits per heavy atom. The van der Waals surface area contributed by atoms with Crippen LogP contribution in [-0.4, -0.2) is 33.7 Å². The Hall–Kier alpha value is -1.56. The second kappa shape index (κ2) is 7.63. The summed E-state index contributed by atoms with van der Waals surface area (Å²) in [4.78, 5) is 11.9. The molecule has 0 aliphatic rings. The van der Waals surface area contributed by atoms with Crippen LogP contribution in [0.3, 0.4) is 0 Å². The monoisotopic (exact) mass is 326 g/mol. The van der Waals surface area contributed by atoms with E-state index in [0.717, 1.165) is 16.1 Å². The third kappa shape index (κ3) is 5.67. The molecule has 1 aromatic rings. The number of carbonyl (C=O) groups is 1. The highest BCUT2D eigenvalue weighted by Gasteiger charge is 2.20. The number of hydrogen-bond acceptors (Lipinski definition) is 3. The first kappa shape index (κ1) is 18.5. The topological polar surface area (TPSA) is 66.5 Å². The SMILES string of the molecule is CC(C)CNC(=O)CN(c1ccc(C(C)C)cc1)S(C)(=O)=O. The van der Waals surface area contributed by atoms with Crippen molar-refractivity contribution in [3.05, 3.63) is 29.8 Å². The molecule has 0 bridgehead atoms. The van der Waals surface area contributed by atoms with Crippen molar-refractivity contribution < 1.29 is 13.2 Å². The molecule has 0 heterocycles. The maximum absolute atomic E-state index is 12.0. The highest BCUT2D eigenvalue weighted by atomic mass is 32.2. The van der Waals surface area contributed by atoms with Gasteiger partial charge in [0.2, 0.25) is 15.9 Å². The molecule has 6 heteroatoms. The summed E-state index contributed by atoms with van der Waals surface area (Å²) < 4.78 is 25.1. The lowest BCUT2D eigenvalue weighted by Crippen LogP contribution is -2.41. The number of nitrogens with zero attached hydrogens (tertiary/aromatic N) is 1. The van der Waals surface area contributed by atoms with E-state index in [1.54, 1.807) is 12.1 Å². The summed E-state index contributed by atoms with van der Waals surface area (Å²) in [6, 6.07) is 7.27. The van der Waals surface area contributed by atoms with Crippen LogP contribution < -0.4 is 9.62 Å². The van der Waals surface area contributed by atoms with Crippen LogP contribution in [0.25, 0.3) is 0 Å². The number of sulfonamides is 1. The summed E-state index contributed by atoms with van der Waals surface area (Å²) in [6.45, 7) is 8.44. The summed E-state index contributed by atoms with van der Waals surface area (Å²) >= 11 is 0. The van der Waals surface area contributed by atoms with Gasteiger partial charge in [-0.25, -0.2) is 8.42 Å². The van der Waals surface area contributed by atoms with E-state index in [1.165, 1.54) is 0 Å². The van der Waals surface area contributed by atoms with Crippen LogP contribution in [0, 0.1) is 5.92 Å². The summed E-state index contributed by atoms with van der Waals surface area (Å²) in [6.07, 6.45) is 1.11. The van der Waals surface area contributed by atoms with Crippen molar-refractivity contribution in [2.75, 3.05) is 23.7 Å². The molecule has 0 spiro atoms. The van der Waals surface area contributed by atoms with E-state index in [9.17, 15) is 13.2 Å². The second-order valence-corrected chi connectivity index (χ2v) is 8.12. The number of hydrogen-bond donors (Lipinski definition) is 1. The van der Waals surface area contributed by atoms with E-state index in [0.29, 0.717) is 24.1 Å². The first-order valence-corrected chi connectivity index (χ1v) is 9.30. The molecule has 0 aromatic heterocycles. The number of benzene rings is 1. The lowest BCUT2D eigenvalue weighted by molar-refractivity contribution is -0.119. The Balaban J connectivity index is 2.92. The molecule has 1 amide bonds. The molecule has 0 aliphatic heterocycles. The molecule has 0 atom stereocenters. The molecule has 22 heavy (non-hydrogen) atoms. The number of nitrogens with one attached hydrogen (secondary N) is 1. The zero-order valence-corrected chi connectivity index (χ0v) is 14.8. The van der Waals surface area contributed by atoms with Crippen molar-refractivity contribution >= 4 is 21.6 Å². The maximum atomic E-state index is 12.0. The fourth-order valence-electron chi connectivity index (χ4n) is 1.93. The van der Waals surface area contributed by atoms with Crippen molar-refractivity contribution in [2.45, 2.75) is 33.6 Å². The van der Waals surface area contributed by atoms with E-state index in [1.807, 2.05) is 26.0 Å². The van der Waals surface area contributed by atoms with Gasteiger partial charge in [-0.1, -0.05) is 39.8 Å². The minimum Gasteiger partial charge on any atom is -0.354 e. The fraction of sp³-hybridized carbons (Fsp3) is 0.562. The van der Waals surface area contributed by atoms with Gasteiger partial charge in [0.05, 0.1) is 11.9 Å². The summed E-state index contributed by atoms with van der Waals surface area (Å²) in [7, 11) is -3.51. The molecule has 0 fully saturated rings. The number of anilines is 1. The zero-order valence-electron chi connectivity index (χ0n) is 14.0. The molecule has 0 unspecified atom stereocenters. The van der Waals surface area contributed by atoms with Crippen LogP contribution in [0.5, 0.6) is 0 Å². The van der Waals surface area contributed by atoms with Gasteiger partial charge < -0.3 is 5.32 Å². The first-order chi connectivity index (χ1) is 10.1. The van der Waals surface area contributed by atoms with Crippen molar-refractivity contribution in [2.24, 2.45) is 5.92 Å². The van der Waals surface area contributed by atoms with Gasteiger partial charge in [0.1, 0.15) is 6.54 Å². The minimum absolute atomic E-state index is 0.202. The van der Waals surface area contributed by atoms with E-state index >= 15 is 0 Å². The average Bonchev–Trinajstić information content (AvgIpc) is 2.41. The van der Waals surface area contributed by atoms with Crippen LogP contribution in [0.15, 0.2) is 24.3 Å². The summed E-state index contributed by atoms with van der Waals surface area (Å²) in [5.41, 5.74) is 1.63. The van der Waals surface area contributed by atoms with E-state index < -0.39 is 10.0 Å². The Labute approximate surface area is 133 Å². The first-order valence-electron chi connectivity index (χ1n) is 7.45. The summed E-state index contributed by atoms with van der Waals surface area (Å²) in [5, 5.41) is 2.74. The normalized spacial score (nSPS) is 11.8. The van der Waals surface area contributed by atoms with Gasteiger partial charge >= 0.3 is 0 Å². The van der Waals surface area contributed by atoms with E-state index in [-0.39, 0.29) is 12.5 Å². The maximum Gasteiger partial charge on any atom is 0.240 e. The van der Waals surface area contributed by atoms with E-state index in [2.05, 4.69) is 19.2 Å². The smallest absolute Gasteiger partial charge is 0.240 e. The number of carbonyl (C=O) groups excluding carboxylic acids is 1. The molecule has 0 saturated heterocycles. The van der Waals surface area contributed by atoms with Crippen LogP contribution in [0.4, 0.5) is 5.69 Å². The van der Waals surface area contributed by atoms with Gasteiger partial charge in [-0.3, -0.25) is 9.10 Å². The molecule has 1 N–H and O–H groups in total. The molecule has 0 saturated carbocycles. The predicted octanol–water partition coefficient (Wildman–Crippen LogP) is 2.35. The van der Waals surface area contributed by atoms with Gasteiger partial charge in [-0.2, -0.15) is 0 Å². The molecule has 1 aromatic carbocycles. The third-order valence-electron chi connectivity index (χ3n) is 3.24. The van der Waals surface area contributed by atoms with Crippen LogP contribution in [0.2, 0.25) is 0 Å². The van der Waals surface area contributed by atoms with Gasteiger partial charge in [0, 0.05) is 6.54 Å². The van der Waals surface area contributed by atoms with Crippen molar-refractivity contribution in [1.29, 1.82) is 0 Å². The average molecular weight is 326 g/mol. The third-order valence-corrected chi connectivity index (χ3v) is 4.38. The van der Waals surface area contributed by atoms with Crippen LogP contribution in [0.1, 0.15) is 39.2 Å². The van der Waals surface area contributed by atoms with Gasteiger partial charge in [0.25, 0.3) is 0 Å². The molecular weight excluding hydrogens is 300 g/mol.